The van der Waals surface area contributed by atoms with E-state index in [9.17, 15) is 9.90 Å². The first-order chi connectivity index (χ1) is 10.5. The molecule has 0 aliphatic rings. The summed E-state index contributed by atoms with van der Waals surface area (Å²) in [6, 6.07) is 9.75. The lowest BCUT2D eigenvalue weighted by atomic mass is 10.1. The van der Waals surface area contributed by atoms with Crippen molar-refractivity contribution in [3.05, 3.63) is 45.5 Å². The first kappa shape index (κ1) is 16.4. The lowest BCUT2D eigenvalue weighted by Crippen LogP contribution is -2.12. The fraction of sp³-hybridized carbons (Fsp3) is 0.188. The zero-order valence-corrected chi connectivity index (χ0v) is 14.4. The number of nitrogens with one attached hydrogen (secondary N) is 1. The number of ether oxygens (including phenoxy) is 2. The molecule has 0 saturated carbocycles. The molecule has 0 aliphatic heterocycles. The van der Waals surface area contributed by atoms with Gasteiger partial charge in [-0.1, -0.05) is 6.07 Å². The molecule has 2 aromatic carbocycles. The van der Waals surface area contributed by atoms with Crippen molar-refractivity contribution in [1.29, 1.82) is 0 Å². The van der Waals surface area contributed by atoms with Gasteiger partial charge in [0.15, 0.2) is 11.5 Å². The van der Waals surface area contributed by atoms with Crippen LogP contribution in [0.25, 0.3) is 0 Å². The molecule has 2 rings (SSSR count). The van der Waals surface area contributed by atoms with Gasteiger partial charge in [0, 0.05) is 17.3 Å². The molecule has 2 aromatic rings. The summed E-state index contributed by atoms with van der Waals surface area (Å²) in [5.41, 5.74) is 0.978. The topological polar surface area (TPSA) is 67.8 Å². The molecule has 0 aliphatic carbocycles. The number of halogens is 1. The molecule has 1 amide bonds. The third-order valence-corrected chi connectivity index (χ3v) is 3.68. The van der Waals surface area contributed by atoms with Crippen molar-refractivity contribution in [2.75, 3.05) is 19.0 Å². The highest BCUT2D eigenvalue weighted by Gasteiger charge is 2.15. The second-order valence-corrected chi connectivity index (χ2v) is 5.59. The van der Waals surface area contributed by atoms with Gasteiger partial charge in [-0.05, 0) is 53.8 Å². The van der Waals surface area contributed by atoms with E-state index in [2.05, 4.69) is 27.9 Å². The maximum Gasteiger partial charge on any atom is 0.255 e. The van der Waals surface area contributed by atoms with E-state index < -0.39 is 0 Å². The average Bonchev–Trinajstić information content (AvgIpc) is 2.47. The van der Waals surface area contributed by atoms with Crippen molar-refractivity contribution in [2.24, 2.45) is 0 Å². The van der Waals surface area contributed by atoms with E-state index in [1.807, 2.05) is 6.92 Å². The molecule has 0 aromatic heterocycles. The van der Waals surface area contributed by atoms with E-state index in [1.165, 1.54) is 6.07 Å². The second kappa shape index (κ2) is 7.35. The summed E-state index contributed by atoms with van der Waals surface area (Å²) in [5, 5.41) is 12.2. The Bertz CT molecular complexity index is 688. The largest absolute Gasteiger partial charge is 0.508 e. The maximum atomic E-state index is 12.3. The van der Waals surface area contributed by atoms with Crippen LogP contribution in [0.15, 0.2) is 36.4 Å². The third kappa shape index (κ3) is 3.82. The Balaban J connectivity index is 2.29. The average molecular weight is 413 g/mol. The number of rotatable bonds is 5. The number of anilines is 1. The molecule has 0 heterocycles. The van der Waals surface area contributed by atoms with Crippen molar-refractivity contribution in [2.45, 2.75) is 6.92 Å². The highest BCUT2D eigenvalue weighted by Crippen LogP contribution is 2.34. The molecule has 6 heteroatoms. The summed E-state index contributed by atoms with van der Waals surface area (Å²) in [5.74, 6) is 0.943. The Morgan fingerprint density at radius 3 is 2.73 bits per heavy atom. The number of phenolic OH excluding ortho intramolecular Hbond substituents is 1. The van der Waals surface area contributed by atoms with Gasteiger partial charge in [-0.15, -0.1) is 0 Å². The fourth-order valence-electron chi connectivity index (χ4n) is 1.95. The van der Waals surface area contributed by atoms with Gasteiger partial charge in [-0.3, -0.25) is 4.79 Å². The van der Waals surface area contributed by atoms with Crippen LogP contribution in [0, 0.1) is 3.57 Å². The number of methoxy groups -OCH3 is 1. The van der Waals surface area contributed by atoms with Crippen molar-refractivity contribution in [3.63, 3.8) is 0 Å². The molecule has 22 heavy (non-hydrogen) atoms. The van der Waals surface area contributed by atoms with Gasteiger partial charge >= 0.3 is 0 Å². The number of hydrogen-bond acceptors (Lipinski definition) is 4. The summed E-state index contributed by atoms with van der Waals surface area (Å²) in [6.07, 6.45) is 0. The normalized spacial score (nSPS) is 10.1. The van der Waals surface area contributed by atoms with Crippen LogP contribution in [0.1, 0.15) is 17.3 Å². The summed E-state index contributed by atoms with van der Waals surface area (Å²) < 4.78 is 11.6. The zero-order valence-electron chi connectivity index (χ0n) is 12.2. The van der Waals surface area contributed by atoms with Crippen LogP contribution < -0.4 is 14.8 Å². The maximum absolute atomic E-state index is 12.3. The summed E-state index contributed by atoms with van der Waals surface area (Å²) in [7, 11) is 1.56. The number of phenols is 1. The molecule has 0 saturated heterocycles. The van der Waals surface area contributed by atoms with Crippen LogP contribution in [-0.2, 0) is 0 Å². The quantitative estimate of drug-likeness (QED) is 0.735. The Labute approximate surface area is 142 Å². The van der Waals surface area contributed by atoms with Gasteiger partial charge < -0.3 is 19.9 Å². The van der Waals surface area contributed by atoms with E-state index in [-0.39, 0.29) is 11.7 Å². The van der Waals surface area contributed by atoms with Gasteiger partial charge in [0.1, 0.15) is 5.75 Å². The van der Waals surface area contributed by atoms with Crippen LogP contribution in [0.2, 0.25) is 0 Å². The van der Waals surface area contributed by atoms with Crippen molar-refractivity contribution in [3.8, 4) is 17.2 Å². The molecule has 0 atom stereocenters. The predicted molar refractivity (Wildman–Crippen MR) is 92.9 cm³/mol. The Morgan fingerprint density at radius 1 is 1.32 bits per heavy atom. The van der Waals surface area contributed by atoms with Crippen LogP contribution in [0.5, 0.6) is 17.2 Å². The molecule has 2 N–H and O–H groups in total. The van der Waals surface area contributed by atoms with Crippen LogP contribution in [-0.4, -0.2) is 24.7 Å². The smallest absolute Gasteiger partial charge is 0.255 e. The van der Waals surface area contributed by atoms with Crippen LogP contribution in [0.3, 0.4) is 0 Å². The van der Waals surface area contributed by atoms with Gasteiger partial charge in [-0.2, -0.15) is 0 Å². The monoisotopic (exact) mass is 413 g/mol. The summed E-state index contributed by atoms with van der Waals surface area (Å²) in [4.78, 5) is 12.3. The lowest BCUT2D eigenvalue weighted by molar-refractivity contribution is 0.102. The summed E-state index contributed by atoms with van der Waals surface area (Å²) >= 11 is 2.10. The van der Waals surface area contributed by atoms with E-state index in [0.717, 1.165) is 3.57 Å². The van der Waals surface area contributed by atoms with E-state index in [1.54, 1.807) is 37.4 Å². The van der Waals surface area contributed by atoms with Crippen LogP contribution >= 0.6 is 22.6 Å². The van der Waals surface area contributed by atoms with Gasteiger partial charge in [-0.25, -0.2) is 0 Å². The highest BCUT2D eigenvalue weighted by molar-refractivity contribution is 14.1. The van der Waals surface area contributed by atoms with Crippen molar-refractivity contribution < 1.29 is 19.4 Å². The minimum Gasteiger partial charge on any atom is -0.508 e. The number of amides is 1. The molecular weight excluding hydrogens is 397 g/mol. The molecule has 116 valence electrons. The standard InChI is InChI=1S/C16H16INO4/c1-3-22-14-8-10(7-13(17)15(14)21-2)16(20)18-11-5-4-6-12(19)9-11/h4-9,19H,3H2,1-2H3,(H,18,20). The van der Waals surface area contributed by atoms with Crippen molar-refractivity contribution >= 4 is 34.2 Å². The van der Waals surface area contributed by atoms with Crippen molar-refractivity contribution in [1.82, 2.24) is 0 Å². The number of aromatic hydroxyl groups is 1. The number of hydrogen-bond donors (Lipinski definition) is 2. The third-order valence-electron chi connectivity index (χ3n) is 2.88. The predicted octanol–water partition coefficient (Wildman–Crippen LogP) is 3.66. The Morgan fingerprint density at radius 2 is 2.09 bits per heavy atom. The molecular formula is C16H16INO4. The van der Waals surface area contributed by atoms with E-state index >= 15 is 0 Å². The molecule has 0 unspecified atom stereocenters. The van der Waals surface area contributed by atoms with E-state index in [0.29, 0.717) is 29.4 Å². The first-order valence-corrected chi connectivity index (χ1v) is 7.73. The number of benzene rings is 2. The molecule has 0 radical (unpaired) electrons. The Hall–Kier alpha value is -1.96. The van der Waals surface area contributed by atoms with E-state index in [4.69, 9.17) is 9.47 Å². The number of carbonyl (C=O) groups excluding carboxylic acids is 1. The van der Waals surface area contributed by atoms with Gasteiger partial charge in [0.05, 0.1) is 17.3 Å². The molecule has 0 spiro atoms. The molecule has 0 bridgehead atoms. The highest BCUT2D eigenvalue weighted by atomic mass is 127. The lowest BCUT2D eigenvalue weighted by Gasteiger charge is -2.13. The summed E-state index contributed by atoms with van der Waals surface area (Å²) in [6.45, 7) is 2.34. The second-order valence-electron chi connectivity index (χ2n) is 4.43. The fourth-order valence-corrected chi connectivity index (χ4v) is 2.77. The Kier molecular flexibility index (Phi) is 5.48. The van der Waals surface area contributed by atoms with Gasteiger partial charge in [0.2, 0.25) is 0 Å². The molecule has 5 nitrogen and oxygen atoms in total. The SMILES string of the molecule is CCOc1cc(C(=O)Nc2cccc(O)c2)cc(I)c1OC. The minimum absolute atomic E-state index is 0.0946. The minimum atomic E-state index is -0.285. The number of carbonyl (C=O) groups is 1. The molecule has 0 fully saturated rings. The van der Waals surface area contributed by atoms with Gasteiger partial charge in [0.25, 0.3) is 5.91 Å². The first-order valence-electron chi connectivity index (χ1n) is 6.66. The van der Waals surface area contributed by atoms with Crippen LogP contribution in [0.4, 0.5) is 5.69 Å². The zero-order chi connectivity index (χ0) is 16.1.